The fourth-order valence-corrected chi connectivity index (χ4v) is 2.48. The van der Waals surface area contributed by atoms with Gasteiger partial charge in [-0.15, -0.1) is 0 Å². The van der Waals surface area contributed by atoms with Crippen molar-refractivity contribution in [3.05, 3.63) is 68.6 Å². The lowest BCUT2D eigenvalue weighted by Crippen LogP contribution is -2.08. The van der Waals surface area contributed by atoms with Crippen molar-refractivity contribution in [2.45, 2.75) is 0 Å². The highest BCUT2D eigenvalue weighted by atomic mass is 35.5. The first-order valence-corrected chi connectivity index (χ1v) is 6.70. The van der Waals surface area contributed by atoms with E-state index in [4.69, 9.17) is 16.9 Å². The summed E-state index contributed by atoms with van der Waals surface area (Å²) in [5.41, 5.74) is -0.266. The quantitative estimate of drug-likeness (QED) is 0.680. The highest BCUT2D eigenvalue weighted by molar-refractivity contribution is 6.33. The number of pyridine rings is 1. The zero-order valence-corrected chi connectivity index (χ0v) is 12.0. The molecule has 0 bridgehead atoms. The maximum atomic E-state index is 13.7. The molecule has 3 rings (SSSR count). The van der Waals surface area contributed by atoms with Gasteiger partial charge in [0.1, 0.15) is 0 Å². The fourth-order valence-electron chi connectivity index (χ4n) is 2.27. The van der Waals surface area contributed by atoms with E-state index in [1.54, 1.807) is 0 Å². The average molecular weight is 335 g/mol. The van der Waals surface area contributed by atoms with Gasteiger partial charge in [0.25, 0.3) is 0 Å². The molecule has 0 spiro atoms. The predicted octanol–water partition coefficient (Wildman–Crippen LogP) is 4.14. The van der Waals surface area contributed by atoms with Crippen LogP contribution < -0.4 is 5.43 Å². The molecule has 0 saturated heterocycles. The SMILES string of the molecule is N#Cc1ccc(Cl)c(-c2cc(=O)c3c(F)c(F)c(F)cc3[nH]2)c1. The van der Waals surface area contributed by atoms with Gasteiger partial charge in [-0.25, -0.2) is 13.2 Å². The number of halogens is 4. The Hall–Kier alpha value is -2.78. The molecule has 114 valence electrons. The number of aromatic nitrogens is 1. The molecule has 2 aromatic carbocycles. The van der Waals surface area contributed by atoms with E-state index in [0.29, 0.717) is 17.2 Å². The molecule has 0 aliphatic carbocycles. The molecule has 0 radical (unpaired) electrons. The molecule has 3 aromatic rings. The van der Waals surface area contributed by atoms with Crippen molar-refractivity contribution >= 4 is 22.5 Å². The number of H-pyrrole nitrogens is 1. The van der Waals surface area contributed by atoms with Gasteiger partial charge in [-0.3, -0.25) is 4.79 Å². The standard InChI is InChI=1S/C16H6ClF3N2O/c17-9-2-1-7(6-21)3-8(9)11-5-13(23)14-12(22-11)4-10(18)15(19)16(14)20/h1-5H,(H,22,23). The smallest absolute Gasteiger partial charge is 0.195 e. The molecule has 0 aliphatic heterocycles. The lowest BCUT2D eigenvalue weighted by molar-refractivity contribution is 0.453. The van der Waals surface area contributed by atoms with Crippen LogP contribution in [0.3, 0.4) is 0 Å². The number of benzene rings is 2. The van der Waals surface area contributed by atoms with Crippen LogP contribution in [0.25, 0.3) is 22.2 Å². The van der Waals surface area contributed by atoms with Gasteiger partial charge in [0, 0.05) is 22.7 Å². The van der Waals surface area contributed by atoms with Crippen molar-refractivity contribution in [1.29, 1.82) is 5.26 Å². The number of aromatic amines is 1. The van der Waals surface area contributed by atoms with Gasteiger partial charge >= 0.3 is 0 Å². The number of nitrogens with zero attached hydrogens (tertiary/aromatic N) is 1. The Morgan fingerprint density at radius 1 is 1.09 bits per heavy atom. The first-order chi connectivity index (χ1) is 10.9. The van der Waals surface area contributed by atoms with Gasteiger partial charge in [-0.2, -0.15) is 5.26 Å². The number of hydrogen-bond donors (Lipinski definition) is 1. The zero-order valence-electron chi connectivity index (χ0n) is 11.3. The Bertz CT molecular complexity index is 1050. The third kappa shape index (κ3) is 2.45. The van der Waals surface area contributed by atoms with Crippen LogP contribution in [0.5, 0.6) is 0 Å². The monoisotopic (exact) mass is 334 g/mol. The molecule has 0 unspecified atom stereocenters. The minimum atomic E-state index is -1.71. The Morgan fingerprint density at radius 2 is 1.83 bits per heavy atom. The molecule has 0 amide bonds. The van der Waals surface area contributed by atoms with E-state index in [-0.39, 0.29) is 16.2 Å². The van der Waals surface area contributed by atoms with Crippen LogP contribution in [0.1, 0.15) is 5.56 Å². The number of nitriles is 1. The van der Waals surface area contributed by atoms with Crippen LogP contribution in [0.15, 0.2) is 35.1 Å². The summed E-state index contributed by atoms with van der Waals surface area (Å²) < 4.78 is 40.4. The van der Waals surface area contributed by atoms with Gasteiger partial charge in [0.2, 0.25) is 0 Å². The first-order valence-electron chi connectivity index (χ1n) is 6.33. The maximum Gasteiger partial charge on any atom is 0.195 e. The average Bonchev–Trinajstić information content (AvgIpc) is 2.52. The topological polar surface area (TPSA) is 56.6 Å². The molecule has 1 heterocycles. The van der Waals surface area contributed by atoms with Crippen LogP contribution in [0, 0.1) is 28.8 Å². The summed E-state index contributed by atoms with van der Waals surface area (Å²) in [6.45, 7) is 0. The number of rotatable bonds is 1. The van der Waals surface area contributed by atoms with Gasteiger partial charge in [0.05, 0.1) is 28.2 Å². The predicted molar refractivity (Wildman–Crippen MR) is 79.6 cm³/mol. The van der Waals surface area contributed by atoms with Crippen LogP contribution >= 0.6 is 11.6 Å². The van der Waals surface area contributed by atoms with Crippen LogP contribution in [0.4, 0.5) is 13.2 Å². The van der Waals surface area contributed by atoms with Crippen LogP contribution in [-0.4, -0.2) is 4.98 Å². The summed E-state index contributed by atoms with van der Waals surface area (Å²) in [5, 5.41) is 8.58. The second kappa shape index (κ2) is 5.45. The molecule has 1 N–H and O–H groups in total. The van der Waals surface area contributed by atoms with E-state index < -0.39 is 28.3 Å². The Labute approximate surface area is 132 Å². The largest absolute Gasteiger partial charge is 0.354 e. The van der Waals surface area contributed by atoms with Gasteiger partial charge in [0.15, 0.2) is 22.9 Å². The minimum Gasteiger partial charge on any atom is -0.354 e. The van der Waals surface area contributed by atoms with Crippen molar-refractivity contribution in [2.75, 3.05) is 0 Å². The van der Waals surface area contributed by atoms with Gasteiger partial charge < -0.3 is 4.98 Å². The summed E-state index contributed by atoms with van der Waals surface area (Å²) in [7, 11) is 0. The molecular formula is C16H6ClF3N2O. The highest BCUT2D eigenvalue weighted by Gasteiger charge is 2.18. The molecule has 7 heteroatoms. The second-order valence-electron chi connectivity index (χ2n) is 4.76. The first kappa shape index (κ1) is 15.1. The molecule has 0 fully saturated rings. The van der Waals surface area contributed by atoms with Crippen LogP contribution in [0.2, 0.25) is 5.02 Å². The normalized spacial score (nSPS) is 10.7. The molecule has 0 atom stereocenters. The maximum absolute atomic E-state index is 13.7. The van der Waals surface area contributed by atoms with E-state index in [0.717, 1.165) is 6.07 Å². The van der Waals surface area contributed by atoms with E-state index in [1.807, 2.05) is 6.07 Å². The van der Waals surface area contributed by atoms with Crippen LogP contribution in [-0.2, 0) is 0 Å². The molecule has 23 heavy (non-hydrogen) atoms. The zero-order chi connectivity index (χ0) is 16.7. The molecule has 3 nitrogen and oxygen atoms in total. The van der Waals surface area contributed by atoms with Gasteiger partial charge in [-0.05, 0) is 18.2 Å². The fraction of sp³-hybridized carbons (Fsp3) is 0. The van der Waals surface area contributed by atoms with E-state index >= 15 is 0 Å². The highest BCUT2D eigenvalue weighted by Crippen LogP contribution is 2.28. The third-order valence-corrected chi connectivity index (χ3v) is 3.67. The summed E-state index contributed by atoms with van der Waals surface area (Å²) >= 11 is 6.04. The van der Waals surface area contributed by atoms with Crippen molar-refractivity contribution in [3.63, 3.8) is 0 Å². The second-order valence-corrected chi connectivity index (χ2v) is 5.17. The lowest BCUT2D eigenvalue weighted by atomic mass is 10.1. The molecule has 0 saturated carbocycles. The molecule has 0 aliphatic rings. The summed E-state index contributed by atoms with van der Waals surface area (Å²) in [4.78, 5) is 14.7. The Kier molecular flexibility index (Phi) is 3.58. The lowest BCUT2D eigenvalue weighted by Gasteiger charge is -2.08. The Balaban J connectivity index is 2.36. The number of nitrogens with one attached hydrogen (secondary N) is 1. The Morgan fingerprint density at radius 3 is 2.52 bits per heavy atom. The van der Waals surface area contributed by atoms with Crippen molar-refractivity contribution in [2.24, 2.45) is 0 Å². The molecule has 1 aromatic heterocycles. The van der Waals surface area contributed by atoms with E-state index in [1.165, 1.54) is 18.2 Å². The van der Waals surface area contributed by atoms with Gasteiger partial charge in [-0.1, -0.05) is 11.6 Å². The summed E-state index contributed by atoms with van der Waals surface area (Å²) in [6.07, 6.45) is 0. The van der Waals surface area contributed by atoms with Crippen molar-refractivity contribution in [1.82, 2.24) is 4.98 Å². The van der Waals surface area contributed by atoms with Crippen molar-refractivity contribution < 1.29 is 13.2 Å². The number of hydrogen-bond acceptors (Lipinski definition) is 2. The van der Waals surface area contributed by atoms with E-state index in [9.17, 15) is 18.0 Å². The van der Waals surface area contributed by atoms with E-state index in [2.05, 4.69) is 4.98 Å². The summed E-state index contributed by atoms with van der Waals surface area (Å²) in [5.74, 6) is -4.68. The molecular weight excluding hydrogens is 329 g/mol. The minimum absolute atomic E-state index is 0.162. The summed E-state index contributed by atoms with van der Waals surface area (Å²) in [6, 6.07) is 8.01. The van der Waals surface area contributed by atoms with Crippen molar-refractivity contribution in [3.8, 4) is 17.3 Å². The third-order valence-electron chi connectivity index (χ3n) is 3.34. The number of fused-ring (bicyclic) bond motifs is 1.